The molecule has 0 spiro atoms. The van der Waals surface area contributed by atoms with Gasteiger partial charge in [0.15, 0.2) is 0 Å². The van der Waals surface area contributed by atoms with E-state index in [0.29, 0.717) is 6.42 Å². The molecule has 2 nitrogen and oxygen atoms in total. The topological polar surface area (TPSA) is 44.0 Å². The summed E-state index contributed by atoms with van der Waals surface area (Å²) in [5, 5.41) is 20.6. The predicted octanol–water partition coefficient (Wildman–Crippen LogP) is 3.69. The van der Waals surface area contributed by atoms with Crippen LogP contribution in [0, 0.1) is 11.3 Å². The third kappa shape index (κ3) is 2.14. The Hall–Kier alpha value is -2.11. The van der Waals surface area contributed by atoms with Crippen LogP contribution >= 0.6 is 0 Å². The van der Waals surface area contributed by atoms with Gasteiger partial charge in [-0.2, -0.15) is 5.26 Å². The molecule has 2 unspecified atom stereocenters. The molecule has 0 radical (unpaired) electrons. The van der Waals surface area contributed by atoms with Crippen LogP contribution in [0.25, 0.3) is 0 Å². The minimum absolute atomic E-state index is 0.680. The maximum atomic E-state index is 10.9. The Labute approximate surface area is 125 Å². The highest BCUT2D eigenvalue weighted by Crippen LogP contribution is 2.46. The molecular formula is C19H19NO. The van der Waals surface area contributed by atoms with Gasteiger partial charge in [0.05, 0.1) is 6.07 Å². The zero-order valence-electron chi connectivity index (χ0n) is 12.2. The first-order valence-corrected chi connectivity index (χ1v) is 7.48. The van der Waals surface area contributed by atoms with E-state index in [2.05, 4.69) is 19.1 Å². The number of aliphatic hydroxyl groups is 1. The number of fused-ring (bicyclic) bond motifs is 1. The minimum Gasteiger partial charge on any atom is -0.386 e. The molecule has 1 aliphatic rings. The van der Waals surface area contributed by atoms with Crippen molar-refractivity contribution >= 4 is 0 Å². The summed E-state index contributed by atoms with van der Waals surface area (Å²) in [4.78, 5) is 0. The first-order valence-electron chi connectivity index (χ1n) is 7.48. The van der Waals surface area contributed by atoms with Gasteiger partial charge in [0.25, 0.3) is 0 Å². The zero-order chi connectivity index (χ0) is 14.9. The molecule has 0 fully saturated rings. The van der Waals surface area contributed by atoms with Crippen molar-refractivity contribution in [1.82, 2.24) is 0 Å². The van der Waals surface area contributed by atoms with Gasteiger partial charge in [-0.15, -0.1) is 0 Å². The number of benzene rings is 2. The smallest absolute Gasteiger partial charge is 0.113 e. The van der Waals surface area contributed by atoms with Crippen LogP contribution in [0.4, 0.5) is 0 Å². The van der Waals surface area contributed by atoms with Gasteiger partial charge in [-0.05, 0) is 41.5 Å². The van der Waals surface area contributed by atoms with E-state index in [0.717, 1.165) is 24.0 Å². The van der Waals surface area contributed by atoms with Gasteiger partial charge in [0, 0.05) is 0 Å². The summed E-state index contributed by atoms with van der Waals surface area (Å²) in [5.74, 6) is 0. The molecule has 0 aliphatic heterocycles. The lowest BCUT2D eigenvalue weighted by Crippen LogP contribution is -2.29. The number of nitrogens with zero attached hydrogens (tertiary/aromatic N) is 1. The Morgan fingerprint density at radius 2 is 1.90 bits per heavy atom. The Kier molecular flexibility index (Phi) is 3.53. The van der Waals surface area contributed by atoms with Crippen molar-refractivity contribution in [3.63, 3.8) is 0 Å². The van der Waals surface area contributed by atoms with Crippen LogP contribution in [0.1, 0.15) is 41.7 Å². The van der Waals surface area contributed by atoms with Crippen LogP contribution in [0.2, 0.25) is 0 Å². The second-order valence-corrected chi connectivity index (χ2v) is 5.74. The van der Waals surface area contributed by atoms with E-state index in [-0.39, 0.29) is 0 Å². The summed E-state index contributed by atoms with van der Waals surface area (Å²) in [6.45, 7) is 2.11. The summed E-state index contributed by atoms with van der Waals surface area (Å²) in [7, 11) is 0. The van der Waals surface area contributed by atoms with Gasteiger partial charge in [-0.1, -0.05) is 55.5 Å². The highest BCUT2D eigenvalue weighted by molar-refractivity contribution is 5.47. The molecule has 1 aliphatic carbocycles. The molecular weight excluding hydrogens is 258 g/mol. The van der Waals surface area contributed by atoms with E-state index in [4.69, 9.17) is 0 Å². The normalized spacial score (nSPS) is 21.6. The van der Waals surface area contributed by atoms with Crippen molar-refractivity contribution in [3.8, 4) is 6.07 Å². The molecule has 0 heterocycles. The SMILES string of the molecule is CCc1ccc(C(O)C2(C#N)CCc3ccccc32)cc1. The monoisotopic (exact) mass is 277 g/mol. The standard InChI is InChI=1S/C19H19NO/c1-2-14-7-9-16(10-8-14)18(21)19(13-20)12-11-15-5-3-4-6-17(15)19/h3-10,18,21H,2,11-12H2,1H3. The summed E-state index contributed by atoms with van der Waals surface area (Å²) in [6.07, 6.45) is 1.73. The van der Waals surface area contributed by atoms with Crippen LogP contribution in [0.5, 0.6) is 0 Å². The van der Waals surface area contributed by atoms with Crippen molar-refractivity contribution in [1.29, 1.82) is 5.26 Å². The Morgan fingerprint density at radius 3 is 2.57 bits per heavy atom. The molecule has 0 amide bonds. The van der Waals surface area contributed by atoms with E-state index in [1.807, 2.05) is 42.5 Å². The van der Waals surface area contributed by atoms with E-state index >= 15 is 0 Å². The lowest BCUT2D eigenvalue weighted by molar-refractivity contribution is 0.111. The fraction of sp³-hybridized carbons (Fsp3) is 0.316. The van der Waals surface area contributed by atoms with Gasteiger partial charge in [-0.25, -0.2) is 0 Å². The molecule has 0 saturated heterocycles. The predicted molar refractivity (Wildman–Crippen MR) is 82.8 cm³/mol. The summed E-state index contributed by atoms with van der Waals surface area (Å²) in [6, 6.07) is 18.4. The third-order valence-corrected chi connectivity index (χ3v) is 4.66. The number of nitriles is 1. The molecule has 3 rings (SSSR count). The highest BCUT2D eigenvalue weighted by Gasteiger charge is 2.45. The first-order chi connectivity index (χ1) is 10.2. The van der Waals surface area contributed by atoms with Crippen molar-refractivity contribution < 1.29 is 5.11 Å². The quantitative estimate of drug-likeness (QED) is 0.929. The fourth-order valence-corrected chi connectivity index (χ4v) is 3.32. The Balaban J connectivity index is 2.02. The number of aryl methyl sites for hydroxylation is 2. The zero-order valence-corrected chi connectivity index (χ0v) is 12.2. The second kappa shape index (κ2) is 5.35. The highest BCUT2D eigenvalue weighted by atomic mass is 16.3. The average Bonchev–Trinajstić information content (AvgIpc) is 2.94. The van der Waals surface area contributed by atoms with Gasteiger partial charge < -0.3 is 5.11 Å². The maximum absolute atomic E-state index is 10.9. The molecule has 0 aromatic heterocycles. The number of hydrogen-bond acceptors (Lipinski definition) is 2. The first kappa shape index (κ1) is 13.9. The number of aliphatic hydroxyl groups excluding tert-OH is 1. The summed E-state index contributed by atoms with van der Waals surface area (Å²) < 4.78 is 0. The van der Waals surface area contributed by atoms with Crippen LogP contribution in [-0.4, -0.2) is 5.11 Å². The van der Waals surface area contributed by atoms with Gasteiger partial charge >= 0.3 is 0 Å². The van der Waals surface area contributed by atoms with Gasteiger partial charge in [0.1, 0.15) is 11.5 Å². The minimum atomic E-state index is -0.815. The van der Waals surface area contributed by atoms with Gasteiger partial charge in [0.2, 0.25) is 0 Å². The Bertz CT molecular complexity index is 683. The van der Waals surface area contributed by atoms with Crippen LogP contribution in [-0.2, 0) is 18.3 Å². The van der Waals surface area contributed by atoms with Gasteiger partial charge in [-0.3, -0.25) is 0 Å². The van der Waals surface area contributed by atoms with Crippen LogP contribution in [0.3, 0.4) is 0 Å². The number of hydrogen-bond donors (Lipinski definition) is 1. The molecule has 106 valence electrons. The van der Waals surface area contributed by atoms with Crippen molar-refractivity contribution in [2.45, 2.75) is 37.7 Å². The molecule has 2 aromatic carbocycles. The molecule has 0 saturated carbocycles. The maximum Gasteiger partial charge on any atom is 0.113 e. The van der Waals surface area contributed by atoms with E-state index in [1.54, 1.807) is 0 Å². The molecule has 1 N–H and O–H groups in total. The Morgan fingerprint density at radius 1 is 1.19 bits per heavy atom. The fourth-order valence-electron chi connectivity index (χ4n) is 3.32. The van der Waals surface area contributed by atoms with E-state index < -0.39 is 11.5 Å². The summed E-state index contributed by atoms with van der Waals surface area (Å²) in [5.41, 5.74) is 3.42. The molecule has 21 heavy (non-hydrogen) atoms. The van der Waals surface area contributed by atoms with Crippen molar-refractivity contribution in [3.05, 3.63) is 70.8 Å². The molecule has 2 heteroatoms. The van der Waals surface area contributed by atoms with Crippen molar-refractivity contribution in [2.24, 2.45) is 0 Å². The van der Waals surface area contributed by atoms with E-state index in [1.165, 1.54) is 11.1 Å². The lowest BCUT2D eigenvalue weighted by atomic mass is 9.75. The largest absolute Gasteiger partial charge is 0.386 e. The number of rotatable bonds is 3. The summed E-state index contributed by atoms with van der Waals surface area (Å²) >= 11 is 0. The molecule has 0 bridgehead atoms. The second-order valence-electron chi connectivity index (χ2n) is 5.74. The van der Waals surface area contributed by atoms with Crippen LogP contribution in [0.15, 0.2) is 48.5 Å². The molecule has 2 atom stereocenters. The molecule has 2 aromatic rings. The van der Waals surface area contributed by atoms with Crippen molar-refractivity contribution in [2.75, 3.05) is 0 Å². The average molecular weight is 277 g/mol. The lowest BCUT2D eigenvalue weighted by Gasteiger charge is -2.29. The van der Waals surface area contributed by atoms with Crippen LogP contribution < -0.4 is 0 Å². The van der Waals surface area contributed by atoms with E-state index in [9.17, 15) is 10.4 Å². The third-order valence-electron chi connectivity index (χ3n) is 4.66.